The molecule has 1 aromatic rings. The van der Waals surface area contributed by atoms with Gasteiger partial charge in [0.1, 0.15) is 12.4 Å². The fourth-order valence-electron chi connectivity index (χ4n) is 2.66. The highest BCUT2D eigenvalue weighted by molar-refractivity contribution is 7.89. The Morgan fingerprint density at radius 1 is 1.25 bits per heavy atom. The number of ether oxygens (including phenoxy) is 2. The Kier molecular flexibility index (Phi) is 6.59. The van der Waals surface area contributed by atoms with Gasteiger partial charge in [-0.3, -0.25) is 4.79 Å². The smallest absolute Gasteiger partial charge is 0.246 e. The van der Waals surface area contributed by atoms with Crippen LogP contribution < -0.4 is 10.1 Å². The van der Waals surface area contributed by atoms with Crippen molar-refractivity contribution in [2.45, 2.75) is 30.7 Å². The van der Waals surface area contributed by atoms with Crippen LogP contribution >= 0.6 is 0 Å². The first-order chi connectivity index (χ1) is 11.5. The topological polar surface area (TPSA) is 84.9 Å². The zero-order chi connectivity index (χ0) is 17.6. The summed E-state index contributed by atoms with van der Waals surface area (Å²) in [5.74, 6) is 0.473. The predicted molar refractivity (Wildman–Crippen MR) is 89.4 cm³/mol. The van der Waals surface area contributed by atoms with E-state index < -0.39 is 10.0 Å². The lowest BCUT2D eigenvalue weighted by atomic mass is 10.1. The summed E-state index contributed by atoms with van der Waals surface area (Å²) in [7, 11) is -2.05. The quantitative estimate of drug-likeness (QED) is 0.788. The van der Waals surface area contributed by atoms with Crippen molar-refractivity contribution in [2.75, 3.05) is 33.4 Å². The maximum absolute atomic E-state index is 12.7. The molecule has 0 saturated carbocycles. The van der Waals surface area contributed by atoms with Gasteiger partial charge in [0.05, 0.1) is 11.5 Å². The minimum absolute atomic E-state index is 0.0144. The van der Waals surface area contributed by atoms with Crippen LogP contribution in [-0.2, 0) is 19.6 Å². The summed E-state index contributed by atoms with van der Waals surface area (Å²) in [6.45, 7) is 3.19. The number of rotatable bonds is 7. The lowest BCUT2D eigenvalue weighted by Gasteiger charge is -2.31. The second-order valence-corrected chi connectivity index (χ2v) is 7.52. The molecule has 1 saturated heterocycles. The highest BCUT2D eigenvalue weighted by Gasteiger charge is 2.29. The number of carbonyl (C=O) groups is 1. The van der Waals surface area contributed by atoms with E-state index in [1.807, 2.05) is 6.92 Å². The number of benzene rings is 1. The fraction of sp³-hybridized carbons (Fsp3) is 0.562. The molecule has 24 heavy (non-hydrogen) atoms. The molecule has 1 aliphatic rings. The zero-order valence-electron chi connectivity index (χ0n) is 14.0. The third-order valence-electron chi connectivity index (χ3n) is 3.87. The number of methoxy groups -OCH3 is 1. The van der Waals surface area contributed by atoms with Crippen LogP contribution in [0.5, 0.6) is 5.75 Å². The molecule has 0 radical (unpaired) electrons. The first-order valence-corrected chi connectivity index (χ1v) is 9.42. The standard InChI is InChI=1S/C16H24N2O5S/c1-3-23-14-4-6-15(7-5-14)24(20,21)18-10-8-13(9-11-18)17-16(19)12-22-2/h4-7,13H,3,8-12H2,1-2H3,(H,17,19). The fourth-order valence-corrected chi connectivity index (χ4v) is 4.13. The van der Waals surface area contributed by atoms with Gasteiger partial charge in [-0.2, -0.15) is 4.31 Å². The van der Waals surface area contributed by atoms with Gasteiger partial charge >= 0.3 is 0 Å². The van der Waals surface area contributed by atoms with Crippen LogP contribution in [-0.4, -0.2) is 58.1 Å². The van der Waals surface area contributed by atoms with E-state index in [2.05, 4.69) is 5.32 Å². The van der Waals surface area contributed by atoms with E-state index in [9.17, 15) is 13.2 Å². The molecule has 0 atom stereocenters. The molecule has 0 bridgehead atoms. The third-order valence-corrected chi connectivity index (χ3v) is 5.78. The minimum Gasteiger partial charge on any atom is -0.494 e. The number of piperidine rings is 1. The summed E-state index contributed by atoms with van der Waals surface area (Å²) < 4.78 is 36.9. The average molecular weight is 356 g/mol. The Bertz CT molecular complexity index is 637. The van der Waals surface area contributed by atoms with Crippen LogP contribution in [0.1, 0.15) is 19.8 Å². The van der Waals surface area contributed by atoms with Gasteiger partial charge in [0.25, 0.3) is 0 Å². The van der Waals surface area contributed by atoms with E-state index >= 15 is 0 Å². The molecule has 1 amide bonds. The van der Waals surface area contributed by atoms with Crippen LogP contribution in [0, 0.1) is 0 Å². The number of carbonyl (C=O) groups excluding carboxylic acids is 1. The molecular weight excluding hydrogens is 332 g/mol. The van der Waals surface area contributed by atoms with E-state index in [1.54, 1.807) is 24.3 Å². The van der Waals surface area contributed by atoms with Crippen LogP contribution in [0.2, 0.25) is 0 Å². The Labute approximate surface area is 143 Å². The predicted octanol–water partition coefficient (Wildman–Crippen LogP) is 1.00. The van der Waals surface area contributed by atoms with Crippen LogP contribution in [0.3, 0.4) is 0 Å². The molecule has 134 valence electrons. The maximum Gasteiger partial charge on any atom is 0.246 e. The molecule has 1 N–H and O–H groups in total. The molecule has 0 aromatic heterocycles. The minimum atomic E-state index is -3.52. The van der Waals surface area contributed by atoms with Gasteiger partial charge in [0.15, 0.2) is 0 Å². The van der Waals surface area contributed by atoms with E-state index in [1.165, 1.54) is 11.4 Å². The van der Waals surface area contributed by atoms with E-state index in [4.69, 9.17) is 9.47 Å². The van der Waals surface area contributed by atoms with E-state index in [-0.39, 0.29) is 23.5 Å². The number of nitrogens with one attached hydrogen (secondary N) is 1. The Morgan fingerprint density at radius 3 is 2.42 bits per heavy atom. The highest BCUT2D eigenvalue weighted by atomic mass is 32.2. The van der Waals surface area contributed by atoms with Crippen molar-refractivity contribution in [3.8, 4) is 5.75 Å². The largest absolute Gasteiger partial charge is 0.494 e. The molecule has 1 aromatic carbocycles. The highest BCUT2D eigenvalue weighted by Crippen LogP contribution is 2.23. The summed E-state index contributed by atoms with van der Waals surface area (Å²) in [6, 6.07) is 6.43. The third kappa shape index (κ3) is 4.68. The van der Waals surface area contributed by atoms with Gasteiger partial charge in [-0.25, -0.2) is 8.42 Å². The maximum atomic E-state index is 12.7. The second-order valence-electron chi connectivity index (χ2n) is 5.58. The summed E-state index contributed by atoms with van der Waals surface area (Å²) in [4.78, 5) is 11.8. The first-order valence-electron chi connectivity index (χ1n) is 7.98. The molecule has 1 heterocycles. The second kappa shape index (κ2) is 8.46. The summed E-state index contributed by atoms with van der Waals surface area (Å²) in [5.41, 5.74) is 0. The number of hydrogen-bond donors (Lipinski definition) is 1. The molecule has 8 heteroatoms. The van der Waals surface area contributed by atoms with Crippen molar-refractivity contribution in [2.24, 2.45) is 0 Å². The Hall–Kier alpha value is -1.64. The van der Waals surface area contributed by atoms with Gasteiger partial charge < -0.3 is 14.8 Å². The molecule has 0 aliphatic carbocycles. The van der Waals surface area contributed by atoms with Crippen LogP contribution in [0.15, 0.2) is 29.2 Å². The number of sulfonamides is 1. The summed E-state index contributed by atoms with van der Waals surface area (Å²) in [5, 5.41) is 2.85. The van der Waals surface area contributed by atoms with Gasteiger partial charge in [0, 0.05) is 26.2 Å². The molecule has 1 aliphatic heterocycles. The van der Waals surface area contributed by atoms with Crippen molar-refractivity contribution in [1.82, 2.24) is 9.62 Å². The molecule has 7 nitrogen and oxygen atoms in total. The van der Waals surface area contributed by atoms with E-state index in [0.29, 0.717) is 38.3 Å². The van der Waals surface area contributed by atoms with Crippen molar-refractivity contribution >= 4 is 15.9 Å². The lowest BCUT2D eigenvalue weighted by molar-refractivity contribution is -0.125. The Morgan fingerprint density at radius 2 is 1.88 bits per heavy atom. The van der Waals surface area contributed by atoms with Gasteiger partial charge in [0.2, 0.25) is 15.9 Å². The summed E-state index contributed by atoms with van der Waals surface area (Å²) in [6.07, 6.45) is 1.18. The van der Waals surface area contributed by atoms with Crippen molar-refractivity contribution in [1.29, 1.82) is 0 Å². The normalized spacial score (nSPS) is 16.8. The monoisotopic (exact) mass is 356 g/mol. The zero-order valence-corrected chi connectivity index (χ0v) is 14.8. The molecule has 1 fully saturated rings. The van der Waals surface area contributed by atoms with Gasteiger partial charge in [-0.1, -0.05) is 0 Å². The van der Waals surface area contributed by atoms with Crippen molar-refractivity contribution in [3.05, 3.63) is 24.3 Å². The van der Waals surface area contributed by atoms with Crippen LogP contribution in [0.4, 0.5) is 0 Å². The molecule has 2 rings (SSSR count). The molecule has 0 unspecified atom stereocenters. The van der Waals surface area contributed by atoms with Crippen molar-refractivity contribution < 1.29 is 22.7 Å². The van der Waals surface area contributed by atoms with Crippen molar-refractivity contribution in [3.63, 3.8) is 0 Å². The molecule has 0 spiro atoms. The van der Waals surface area contributed by atoms with Gasteiger partial charge in [-0.05, 0) is 44.0 Å². The number of nitrogens with zero attached hydrogens (tertiary/aromatic N) is 1. The Balaban J connectivity index is 1.95. The van der Waals surface area contributed by atoms with E-state index in [0.717, 1.165) is 0 Å². The van der Waals surface area contributed by atoms with Gasteiger partial charge in [-0.15, -0.1) is 0 Å². The number of amides is 1. The molecular formula is C16H24N2O5S. The number of hydrogen-bond acceptors (Lipinski definition) is 5. The van der Waals surface area contributed by atoms with Crippen LogP contribution in [0.25, 0.3) is 0 Å². The SMILES string of the molecule is CCOc1ccc(S(=O)(=O)N2CCC(NC(=O)COC)CC2)cc1. The first kappa shape index (κ1) is 18.7. The lowest BCUT2D eigenvalue weighted by Crippen LogP contribution is -2.47. The summed E-state index contributed by atoms with van der Waals surface area (Å²) >= 11 is 0. The average Bonchev–Trinajstić information content (AvgIpc) is 2.56.